The van der Waals surface area contributed by atoms with Crippen LogP contribution in [0.2, 0.25) is 0 Å². The highest BCUT2D eigenvalue weighted by atomic mass is 19.1. The van der Waals surface area contributed by atoms with Crippen LogP contribution in [0.3, 0.4) is 0 Å². The summed E-state index contributed by atoms with van der Waals surface area (Å²) in [5.41, 5.74) is 6.18. The number of benzene rings is 3. The summed E-state index contributed by atoms with van der Waals surface area (Å²) in [6, 6.07) is 22.2. The number of rotatable bonds is 7. The van der Waals surface area contributed by atoms with E-state index in [1.807, 2.05) is 12.1 Å². The van der Waals surface area contributed by atoms with Gasteiger partial charge < -0.3 is 15.0 Å². The lowest BCUT2D eigenvalue weighted by Gasteiger charge is -2.36. The lowest BCUT2D eigenvalue weighted by molar-refractivity contribution is 0.257. The molecule has 32 heavy (non-hydrogen) atoms. The second-order valence-corrected chi connectivity index (χ2v) is 8.60. The summed E-state index contributed by atoms with van der Waals surface area (Å²) in [6.07, 6.45) is 1.02. The Morgan fingerprint density at radius 3 is 2.38 bits per heavy atom. The van der Waals surface area contributed by atoms with Crippen LogP contribution >= 0.6 is 0 Å². The number of hydrogen-bond acceptors (Lipinski definition) is 4. The van der Waals surface area contributed by atoms with E-state index in [0.29, 0.717) is 0 Å². The molecule has 0 radical (unpaired) electrons. The molecule has 0 aromatic heterocycles. The molecule has 5 rings (SSSR count). The van der Waals surface area contributed by atoms with E-state index in [2.05, 4.69) is 57.6 Å². The second kappa shape index (κ2) is 9.72. The topological polar surface area (TPSA) is 27.7 Å². The first-order valence-electron chi connectivity index (χ1n) is 11.5. The smallest absolute Gasteiger partial charge is 0.123 e. The highest BCUT2D eigenvalue weighted by Gasteiger charge is 2.17. The fourth-order valence-electron chi connectivity index (χ4n) is 4.51. The minimum absolute atomic E-state index is 0.181. The largest absolute Gasteiger partial charge is 0.493 e. The van der Waals surface area contributed by atoms with E-state index in [4.69, 9.17) is 4.74 Å². The zero-order valence-electron chi connectivity index (χ0n) is 18.4. The van der Waals surface area contributed by atoms with E-state index in [-0.39, 0.29) is 5.82 Å². The number of ether oxygens (including phenoxy) is 1. The summed E-state index contributed by atoms with van der Waals surface area (Å²) in [6.45, 7) is 7.79. The molecule has 0 aliphatic carbocycles. The van der Waals surface area contributed by atoms with E-state index in [0.717, 1.165) is 70.2 Å². The molecule has 166 valence electrons. The maximum Gasteiger partial charge on any atom is 0.123 e. The van der Waals surface area contributed by atoms with E-state index in [1.54, 1.807) is 0 Å². The molecule has 0 unspecified atom stereocenters. The normalized spacial score (nSPS) is 16.1. The predicted octanol–water partition coefficient (Wildman–Crippen LogP) is 4.34. The zero-order valence-corrected chi connectivity index (χ0v) is 18.4. The Hall–Kier alpha value is -2.89. The van der Waals surface area contributed by atoms with Gasteiger partial charge in [-0.3, -0.25) is 4.90 Å². The molecule has 4 nitrogen and oxygen atoms in total. The molecule has 0 spiro atoms. The fourth-order valence-corrected chi connectivity index (χ4v) is 4.51. The van der Waals surface area contributed by atoms with Crippen LogP contribution in [-0.4, -0.2) is 50.8 Å². The number of fused-ring (bicyclic) bond motifs is 1. The minimum Gasteiger partial charge on any atom is -0.493 e. The molecule has 2 aliphatic rings. The molecule has 1 saturated heterocycles. The Balaban J connectivity index is 1.08. The van der Waals surface area contributed by atoms with Gasteiger partial charge in [0.05, 0.1) is 6.61 Å². The summed E-state index contributed by atoms with van der Waals surface area (Å²) < 4.78 is 18.7. The van der Waals surface area contributed by atoms with Gasteiger partial charge in [-0.1, -0.05) is 36.4 Å². The van der Waals surface area contributed by atoms with Crippen molar-refractivity contribution >= 4 is 5.69 Å². The van der Waals surface area contributed by atoms with Crippen molar-refractivity contribution < 1.29 is 9.13 Å². The standard InChI is InChI=1S/C27H30FN3O/c28-25-7-1-21(2-8-25)20-29-12-13-30-14-16-31(17-15-30)26-9-5-22(6-10-26)24-4-3-23-11-18-32-27(23)19-24/h1-10,19,29H,11-18,20H2. The molecule has 3 aromatic rings. The van der Waals surface area contributed by atoms with Crippen molar-refractivity contribution in [3.63, 3.8) is 0 Å². The number of piperazine rings is 1. The van der Waals surface area contributed by atoms with Crippen LogP contribution < -0.4 is 15.0 Å². The molecule has 1 N–H and O–H groups in total. The zero-order chi connectivity index (χ0) is 21.8. The molecule has 0 amide bonds. The van der Waals surface area contributed by atoms with Crippen LogP contribution in [0.15, 0.2) is 66.7 Å². The molecule has 3 aromatic carbocycles. The molecule has 2 heterocycles. The lowest BCUT2D eigenvalue weighted by Crippen LogP contribution is -2.48. The Labute approximate surface area is 189 Å². The Morgan fingerprint density at radius 1 is 0.844 bits per heavy atom. The highest BCUT2D eigenvalue weighted by molar-refractivity contribution is 5.68. The first-order chi connectivity index (χ1) is 15.7. The first-order valence-corrected chi connectivity index (χ1v) is 11.5. The monoisotopic (exact) mass is 431 g/mol. The van der Waals surface area contributed by atoms with E-state index in [9.17, 15) is 4.39 Å². The minimum atomic E-state index is -0.181. The molecule has 2 aliphatic heterocycles. The van der Waals surface area contributed by atoms with Gasteiger partial charge in [-0.05, 0) is 52.6 Å². The molecule has 0 bridgehead atoms. The number of hydrogen-bond donors (Lipinski definition) is 1. The molecule has 0 atom stereocenters. The maximum absolute atomic E-state index is 13.0. The van der Waals surface area contributed by atoms with Crippen LogP contribution in [0.1, 0.15) is 11.1 Å². The average Bonchev–Trinajstić information content (AvgIpc) is 3.32. The van der Waals surface area contributed by atoms with Crippen LogP contribution in [0.4, 0.5) is 10.1 Å². The molecular weight excluding hydrogens is 401 g/mol. The fraction of sp³-hybridized carbons (Fsp3) is 0.333. The summed E-state index contributed by atoms with van der Waals surface area (Å²) >= 11 is 0. The summed E-state index contributed by atoms with van der Waals surface area (Å²) in [5, 5.41) is 3.46. The second-order valence-electron chi connectivity index (χ2n) is 8.60. The average molecular weight is 432 g/mol. The first kappa shape index (κ1) is 21.0. The third-order valence-corrected chi connectivity index (χ3v) is 6.48. The number of nitrogens with zero attached hydrogens (tertiary/aromatic N) is 2. The van der Waals surface area contributed by atoms with Gasteiger partial charge in [0.25, 0.3) is 0 Å². The molecule has 0 saturated carbocycles. The van der Waals surface area contributed by atoms with Crippen molar-refractivity contribution in [1.82, 2.24) is 10.2 Å². The summed E-state index contributed by atoms with van der Waals surface area (Å²) in [4.78, 5) is 4.98. The van der Waals surface area contributed by atoms with Crippen LogP contribution in [0.5, 0.6) is 5.75 Å². The van der Waals surface area contributed by atoms with Crippen molar-refractivity contribution in [2.75, 3.05) is 50.8 Å². The molecule has 5 heteroatoms. The van der Waals surface area contributed by atoms with Gasteiger partial charge in [-0.15, -0.1) is 0 Å². The van der Waals surface area contributed by atoms with Crippen molar-refractivity contribution in [1.29, 1.82) is 0 Å². The van der Waals surface area contributed by atoms with Gasteiger partial charge in [-0.25, -0.2) is 4.39 Å². The summed E-state index contributed by atoms with van der Waals surface area (Å²) in [5.74, 6) is 0.856. The van der Waals surface area contributed by atoms with E-state index < -0.39 is 0 Å². The van der Waals surface area contributed by atoms with Gasteiger partial charge in [-0.2, -0.15) is 0 Å². The van der Waals surface area contributed by atoms with E-state index in [1.165, 1.54) is 34.5 Å². The molecule has 1 fully saturated rings. The van der Waals surface area contributed by atoms with Gasteiger partial charge >= 0.3 is 0 Å². The lowest BCUT2D eigenvalue weighted by atomic mass is 10.0. The van der Waals surface area contributed by atoms with Crippen molar-refractivity contribution in [3.05, 3.63) is 83.7 Å². The third-order valence-electron chi connectivity index (χ3n) is 6.48. The maximum atomic E-state index is 13.0. The van der Waals surface area contributed by atoms with Gasteiger partial charge in [0.2, 0.25) is 0 Å². The number of nitrogens with one attached hydrogen (secondary N) is 1. The van der Waals surface area contributed by atoms with Crippen LogP contribution in [0.25, 0.3) is 11.1 Å². The Bertz CT molecular complexity index is 1030. The Kier molecular flexibility index (Phi) is 6.37. The quantitative estimate of drug-likeness (QED) is 0.564. The van der Waals surface area contributed by atoms with E-state index >= 15 is 0 Å². The highest BCUT2D eigenvalue weighted by Crippen LogP contribution is 2.32. The van der Waals surface area contributed by atoms with Crippen LogP contribution in [-0.2, 0) is 13.0 Å². The van der Waals surface area contributed by atoms with Crippen LogP contribution in [0, 0.1) is 5.82 Å². The van der Waals surface area contributed by atoms with Crippen molar-refractivity contribution in [3.8, 4) is 16.9 Å². The van der Waals surface area contributed by atoms with Gasteiger partial charge in [0, 0.05) is 57.9 Å². The Morgan fingerprint density at radius 2 is 1.59 bits per heavy atom. The molecular formula is C27H30FN3O. The van der Waals surface area contributed by atoms with Gasteiger partial charge in [0.1, 0.15) is 11.6 Å². The number of anilines is 1. The van der Waals surface area contributed by atoms with Gasteiger partial charge in [0.15, 0.2) is 0 Å². The SMILES string of the molecule is Fc1ccc(CNCCN2CCN(c3ccc(-c4ccc5c(c4)OCC5)cc3)CC2)cc1. The predicted molar refractivity (Wildman–Crippen MR) is 128 cm³/mol. The third kappa shape index (κ3) is 4.95. The van der Waals surface area contributed by atoms with Crippen molar-refractivity contribution in [2.24, 2.45) is 0 Å². The summed E-state index contributed by atoms with van der Waals surface area (Å²) in [7, 11) is 0. The number of halogens is 1. The van der Waals surface area contributed by atoms with Crippen molar-refractivity contribution in [2.45, 2.75) is 13.0 Å².